The first-order valence-corrected chi connectivity index (χ1v) is 6.91. The van der Waals surface area contributed by atoms with E-state index in [9.17, 15) is 12.8 Å². The van der Waals surface area contributed by atoms with Gasteiger partial charge in [0, 0.05) is 6.54 Å². The molecular formula is C11H16FNO2S. The minimum Gasteiger partial charge on any atom is -0.215 e. The van der Waals surface area contributed by atoms with E-state index in [4.69, 9.17) is 0 Å². The van der Waals surface area contributed by atoms with Crippen LogP contribution in [-0.2, 0) is 16.4 Å². The van der Waals surface area contributed by atoms with E-state index < -0.39 is 10.0 Å². The second kappa shape index (κ2) is 5.96. The van der Waals surface area contributed by atoms with Crippen LogP contribution >= 0.6 is 0 Å². The molecule has 0 radical (unpaired) electrons. The van der Waals surface area contributed by atoms with Gasteiger partial charge in [0.25, 0.3) is 0 Å². The van der Waals surface area contributed by atoms with Crippen LogP contribution in [-0.4, -0.2) is 20.7 Å². The van der Waals surface area contributed by atoms with E-state index in [1.165, 1.54) is 6.07 Å². The van der Waals surface area contributed by atoms with Crippen molar-refractivity contribution in [1.82, 2.24) is 4.72 Å². The van der Waals surface area contributed by atoms with Crippen molar-refractivity contribution in [2.75, 3.05) is 12.3 Å². The zero-order chi connectivity index (χ0) is 12.0. The predicted molar refractivity (Wildman–Crippen MR) is 62.2 cm³/mol. The van der Waals surface area contributed by atoms with Crippen LogP contribution in [0.15, 0.2) is 24.3 Å². The molecule has 1 aromatic carbocycles. The van der Waals surface area contributed by atoms with Crippen LogP contribution in [0.2, 0.25) is 0 Å². The maximum absolute atomic E-state index is 13.2. The highest BCUT2D eigenvalue weighted by atomic mass is 32.2. The lowest BCUT2D eigenvalue weighted by atomic mass is 10.1. The second-order valence-electron chi connectivity index (χ2n) is 3.55. The van der Waals surface area contributed by atoms with E-state index in [1.807, 2.05) is 0 Å². The van der Waals surface area contributed by atoms with E-state index >= 15 is 0 Å². The van der Waals surface area contributed by atoms with Crippen molar-refractivity contribution in [2.24, 2.45) is 0 Å². The molecule has 5 heteroatoms. The Morgan fingerprint density at radius 2 is 2.00 bits per heavy atom. The van der Waals surface area contributed by atoms with Crippen LogP contribution in [0, 0.1) is 5.82 Å². The average molecular weight is 245 g/mol. The highest BCUT2D eigenvalue weighted by Crippen LogP contribution is 2.06. The molecule has 0 atom stereocenters. The maximum atomic E-state index is 13.2. The standard InChI is InChI=1S/C11H16FNO2S/c1-2-9-16(14,15)13-8-7-10-5-3-4-6-11(10)12/h3-6,13H,2,7-9H2,1H3. The zero-order valence-corrected chi connectivity index (χ0v) is 10.1. The number of hydrogen-bond donors (Lipinski definition) is 1. The van der Waals surface area contributed by atoms with E-state index in [0.29, 0.717) is 18.4 Å². The molecule has 0 fully saturated rings. The molecule has 1 aromatic rings. The van der Waals surface area contributed by atoms with Gasteiger partial charge < -0.3 is 0 Å². The summed E-state index contributed by atoms with van der Waals surface area (Å²) >= 11 is 0. The van der Waals surface area contributed by atoms with Crippen molar-refractivity contribution >= 4 is 10.0 Å². The molecule has 0 aromatic heterocycles. The van der Waals surface area contributed by atoms with Crippen LogP contribution in [0.4, 0.5) is 4.39 Å². The maximum Gasteiger partial charge on any atom is 0.211 e. The Labute approximate surface area is 95.7 Å². The highest BCUT2D eigenvalue weighted by molar-refractivity contribution is 7.89. The Bertz CT molecular complexity index is 431. The molecule has 1 rings (SSSR count). The Hall–Kier alpha value is -0.940. The number of rotatable bonds is 6. The Balaban J connectivity index is 2.45. The minimum atomic E-state index is -3.19. The first-order valence-electron chi connectivity index (χ1n) is 5.26. The van der Waals surface area contributed by atoms with Crippen LogP contribution in [0.1, 0.15) is 18.9 Å². The lowest BCUT2D eigenvalue weighted by Crippen LogP contribution is -2.28. The Morgan fingerprint density at radius 1 is 1.31 bits per heavy atom. The lowest BCUT2D eigenvalue weighted by Gasteiger charge is -2.06. The molecule has 0 aliphatic carbocycles. The molecule has 0 aliphatic heterocycles. The Morgan fingerprint density at radius 3 is 2.62 bits per heavy atom. The van der Waals surface area contributed by atoms with Gasteiger partial charge in [-0.1, -0.05) is 25.1 Å². The van der Waals surface area contributed by atoms with Crippen molar-refractivity contribution in [3.05, 3.63) is 35.6 Å². The van der Waals surface area contributed by atoms with Gasteiger partial charge in [-0.2, -0.15) is 0 Å². The van der Waals surface area contributed by atoms with Crippen molar-refractivity contribution in [3.8, 4) is 0 Å². The van der Waals surface area contributed by atoms with Gasteiger partial charge >= 0.3 is 0 Å². The van der Waals surface area contributed by atoms with Crippen LogP contribution < -0.4 is 4.72 Å². The molecule has 0 saturated carbocycles. The quantitative estimate of drug-likeness (QED) is 0.829. The Kier molecular flexibility index (Phi) is 4.89. The molecule has 16 heavy (non-hydrogen) atoms. The van der Waals surface area contributed by atoms with Gasteiger partial charge in [-0.05, 0) is 24.5 Å². The average Bonchev–Trinajstić information content (AvgIpc) is 2.20. The summed E-state index contributed by atoms with van der Waals surface area (Å²) in [5, 5.41) is 0. The smallest absolute Gasteiger partial charge is 0.211 e. The molecule has 0 unspecified atom stereocenters. The summed E-state index contributed by atoms with van der Waals surface area (Å²) in [6.07, 6.45) is 0.949. The van der Waals surface area contributed by atoms with Crippen LogP contribution in [0.25, 0.3) is 0 Å². The summed E-state index contributed by atoms with van der Waals surface area (Å²) in [5.41, 5.74) is 0.529. The normalized spacial score (nSPS) is 11.6. The summed E-state index contributed by atoms with van der Waals surface area (Å²) in [4.78, 5) is 0. The zero-order valence-electron chi connectivity index (χ0n) is 9.24. The van der Waals surface area contributed by atoms with Crippen LogP contribution in [0.3, 0.4) is 0 Å². The fourth-order valence-corrected chi connectivity index (χ4v) is 2.48. The fourth-order valence-electron chi connectivity index (χ4n) is 1.38. The lowest BCUT2D eigenvalue weighted by molar-refractivity contribution is 0.576. The van der Waals surface area contributed by atoms with Gasteiger partial charge in [0.15, 0.2) is 0 Å². The van der Waals surface area contributed by atoms with E-state index in [1.54, 1.807) is 25.1 Å². The minimum absolute atomic E-state index is 0.115. The summed E-state index contributed by atoms with van der Waals surface area (Å²) in [6.45, 7) is 2.04. The molecule has 1 N–H and O–H groups in total. The molecule has 3 nitrogen and oxygen atoms in total. The van der Waals surface area contributed by atoms with Gasteiger partial charge in [0.1, 0.15) is 5.82 Å². The molecule has 0 spiro atoms. The van der Waals surface area contributed by atoms with E-state index in [2.05, 4.69) is 4.72 Å². The predicted octanol–water partition coefficient (Wildman–Crippen LogP) is 1.70. The molecular weight excluding hydrogens is 229 g/mol. The van der Waals surface area contributed by atoms with Gasteiger partial charge in [0.05, 0.1) is 5.75 Å². The monoisotopic (exact) mass is 245 g/mol. The van der Waals surface area contributed by atoms with Gasteiger partial charge in [-0.3, -0.25) is 0 Å². The summed E-state index contributed by atoms with van der Waals surface area (Å²) in [6, 6.07) is 6.37. The van der Waals surface area contributed by atoms with Gasteiger partial charge in [-0.15, -0.1) is 0 Å². The number of benzene rings is 1. The third-order valence-corrected chi connectivity index (χ3v) is 3.74. The summed E-state index contributed by atoms with van der Waals surface area (Å²) in [5.74, 6) is -0.179. The van der Waals surface area contributed by atoms with Gasteiger partial charge in [-0.25, -0.2) is 17.5 Å². The van der Waals surface area contributed by atoms with Crippen molar-refractivity contribution < 1.29 is 12.8 Å². The molecule has 90 valence electrons. The van der Waals surface area contributed by atoms with Gasteiger partial charge in [0.2, 0.25) is 10.0 Å². The summed E-state index contributed by atoms with van der Waals surface area (Å²) < 4.78 is 38.2. The van der Waals surface area contributed by atoms with Crippen molar-refractivity contribution in [3.63, 3.8) is 0 Å². The number of sulfonamides is 1. The fraction of sp³-hybridized carbons (Fsp3) is 0.455. The number of hydrogen-bond acceptors (Lipinski definition) is 2. The third kappa shape index (κ3) is 4.28. The highest BCUT2D eigenvalue weighted by Gasteiger charge is 2.08. The molecule has 0 aliphatic rings. The molecule has 0 saturated heterocycles. The number of halogens is 1. The second-order valence-corrected chi connectivity index (χ2v) is 5.48. The molecule has 0 amide bonds. The first-order chi connectivity index (χ1) is 7.55. The number of nitrogens with one attached hydrogen (secondary N) is 1. The third-order valence-electron chi connectivity index (χ3n) is 2.15. The van der Waals surface area contributed by atoms with Crippen LogP contribution in [0.5, 0.6) is 0 Å². The topological polar surface area (TPSA) is 46.2 Å². The van der Waals surface area contributed by atoms with Crippen molar-refractivity contribution in [1.29, 1.82) is 0 Å². The largest absolute Gasteiger partial charge is 0.215 e. The first kappa shape index (κ1) is 13.1. The molecule has 0 bridgehead atoms. The van der Waals surface area contributed by atoms with E-state index in [0.717, 1.165) is 0 Å². The van der Waals surface area contributed by atoms with Crippen molar-refractivity contribution in [2.45, 2.75) is 19.8 Å². The molecule has 0 heterocycles. The van der Waals surface area contributed by atoms with E-state index in [-0.39, 0.29) is 18.1 Å². The SMILES string of the molecule is CCCS(=O)(=O)NCCc1ccccc1F. The summed E-state index contributed by atoms with van der Waals surface area (Å²) in [7, 11) is -3.19.